The van der Waals surface area contributed by atoms with Crippen molar-refractivity contribution in [1.29, 1.82) is 0 Å². The molecule has 0 fully saturated rings. The summed E-state index contributed by atoms with van der Waals surface area (Å²) in [5.74, 6) is -1.08. The lowest BCUT2D eigenvalue weighted by Gasteiger charge is -2.05. The van der Waals surface area contributed by atoms with Crippen LogP contribution in [0.5, 0.6) is 0 Å². The van der Waals surface area contributed by atoms with Gasteiger partial charge in [-0.05, 0) is 26.7 Å². The molecule has 0 amide bonds. The maximum absolute atomic E-state index is 8.89. The Hall–Kier alpha value is -0.650. The number of carboxylic acids is 1. The zero-order valence-electron chi connectivity index (χ0n) is 26.3. The summed E-state index contributed by atoms with van der Waals surface area (Å²) in [5.41, 5.74) is 0. The molecule has 1 atom stereocenters. The van der Waals surface area contributed by atoms with Crippen LogP contribution in [0.15, 0.2) is 0 Å². The molecule has 0 aliphatic carbocycles. The molecular weight excluding hydrogens is 476 g/mol. The van der Waals surface area contributed by atoms with Crippen molar-refractivity contribution >= 4 is 5.97 Å². The first-order chi connectivity index (χ1) is 18.4. The molecule has 5 nitrogen and oxygen atoms in total. The van der Waals surface area contributed by atoms with Gasteiger partial charge in [-0.2, -0.15) is 0 Å². The second-order valence-corrected chi connectivity index (χ2v) is 10.9. The lowest BCUT2D eigenvalue weighted by atomic mass is 10.1. The highest BCUT2D eigenvalue weighted by atomic mass is 16.5. The molecule has 0 radical (unpaired) electrons. The third kappa shape index (κ3) is 55.8. The van der Waals surface area contributed by atoms with Gasteiger partial charge in [-0.25, -0.2) is 0 Å². The van der Waals surface area contributed by atoms with Crippen LogP contribution in [0.2, 0.25) is 0 Å². The molecular formula is C33H69O5-. The number of unbranched alkanes of at least 4 members (excludes halogenated alkanes) is 22. The van der Waals surface area contributed by atoms with Gasteiger partial charge in [-0.3, -0.25) is 0 Å². The van der Waals surface area contributed by atoms with Crippen LogP contribution in [-0.4, -0.2) is 42.1 Å². The lowest BCUT2D eigenvalue weighted by Crippen LogP contribution is -2.16. The minimum atomic E-state index is -1.08. The Kier molecular flexibility index (Phi) is 45.0. The van der Waals surface area contributed by atoms with E-state index >= 15 is 0 Å². The Morgan fingerprint density at radius 1 is 0.579 bits per heavy atom. The first kappa shape index (κ1) is 41.8. The molecule has 0 heterocycles. The molecule has 38 heavy (non-hydrogen) atoms. The van der Waals surface area contributed by atoms with Gasteiger partial charge in [0.15, 0.2) is 0 Å². The van der Waals surface area contributed by atoms with Gasteiger partial charge in [0.2, 0.25) is 0 Å². The van der Waals surface area contributed by atoms with Crippen molar-refractivity contribution in [2.75, 3.05) is 19.8 Å². The van der Waals surface area contributed by atoms with E-state index < -0.39 is 12.1 Å². The van der Waals surface area contributed by atoms with E-state index in [9.17, 15) is 0 Å². The summed E-state index contributed by atoms with van der Waals surface area (Å²) < 4.78 is 5.82. The number of hydrogen-bond acceptors (Lipinski definition) is 5. The van der Waals surface area contributed by atoms with Gasteiger partial charge >= 0.3 is 0 Å². The predicted octanol–water partition coefficient (Wildman–Crippen LogP) is 8.52. The molecule has 5 heteroatoms. The molecule has 0 spiro atoms. The first-order valence-corrected chi connectivity index (χ1v) is 16.5. The van der Waals surface area contributed by atoms with Crippen LogP contribution < -0.4 is 5.11 Å². The molecule has 0 aliphatic rings. The number of carbonyl (C=O) groups is 1. The highest BCUT2D eigenvalue weighted by Gasteiger charge is 1.96. The Balaban J connectivity index is -0.00000116. The highest BCUT2D eigenvalue weighted by molar-refractivity contribution is 5.60. The summed E-state index contributed by atoms with van der Waals surface area (Å²) >= 11 is 0. The van der Waals surface area contributed by atoms with Crippen molar-refractivity contribution in [3.05, 3.63) is 0 Å². The van der Waals surface area contributed by atoms with E-state index in [1.165, 1.54) is 161 Å². The largest absolute Gasteiger partial charge is 0.550 e. The summed E-state index contributed by atoms with van der Waals surface area (Å²) in [6.45, 7) is 8.94. The fourth-order valence-corrected chi connectivity index (χ4v) is 4.19. The number of carbonyl (C=O) groups excluding carboxylic acids is 1. The summed E-state index contributed by atoms with van der Waals surface area (Å²) in [4.78, 5) is 8.89. The van der Waals surface area contributed by atoms with Gasteiger partial charge in [0.1, 0.15) is 0 Å². The Labute approximate surface area is 238 Å². The van der Waals surface area contributed by atoms with Crippen LogP contribution in [0.1, 0.15) is 182 Å². The van der Waals surface area contributed by atoms with Gasteiger partial charge in [0.25, 0.3) is 0 Å². The normalized spacial score (nSPS) is 11.3. The molecule has 0 aromatic heterocycles. The Morgan fingerprint density at radius 3 is 0.947 bits per heavy atom. The van der Waals surface area contributed by atoms with Gasteiger partial charge in [-0.15, -0.1) is 0 Å². The van der Waals surface area contributed by atoms with Gasteiger partial charge < -0.3 is 24.9 Å². The van der Waals surface area contributed by atoms with Crippen LogP contribution in [0.3, 0.4) is 0 Å². The maximum atomic E-state index is 8.89. The zero-order chi connectivity index (χ0) is 29.0. The molecule has 0 bridgehead atoms. The van der Waals surface area contributed by atoms with Crippen molar-refractivity contribution in [3.63, 3.8) is 0 Å². The van der Waals surface area contributed by atoms with E-state index in [4.69, 9.17) is 24.9 Å². The molecule has 0 aromatic carbocycles. The van der Waals surface area contributed by atoms with Crippen LogP contribution in [-0.2, 0) is 9.53 Å². The number of aliphatic hydroxyl groups is 2. The molecule has 0 rings (SSSR count). The Bertz CT molecular complexity index is 371. The molecule has 2 N–H and O–H groups in total. The van der Waals surface area contributed by atoms with E-state index in [0.717, 1.165) is 20.1 Å². The molecule has 0 saturated carbocycles. The molecule has 0 aliphatic heterocycles. The number of aliphatic carboxylic acids is 1. The minimum Gasteiger partial charge on any atom is -0.550 e. The summed E-state index contributed by atoms with van der Waals surface area (Å²) in [6, 6.07) is 0. The SMILES string of the molecule is CC(=O)[O-].CC(O)CO.CCCCCCCCCCCCCCOCCCCCCCCCCCCCC. The molecule has 0 aromatic rings. The van der Waals surface area contributed by atoms with E-state index in [-0.39, 0.29) is 6.61 Å². The van der Waals surface area contributed by atoms with Crippen molar-refractivity contribution in [1.82, 2.24) is 0 Å². The zero-order valence-corrected chi connectivity index (χ0v) is 26.3. The average molecular weight is 546 g/mol. The number of ether oxygens (including phenoxy) is 1. The van der Waals surface area contributed by atoms with Crippen LogP contribution in [0.4, 0.5) is 0 Å². The van der Waals surface area contributed by atoms with E-state index in [1.54, 1.807) is 0 Å². The number of hydrogen-bond donors (Lipinski definition) is 2. The predicted molar refractivity (Wildman–Crippen MR) is 162 cm³/mol. The topological polar surface area (TPSA) is 89.8 Å². The van der Waals surface area contributed by atoms with E-state index in [1.807, 2.05) is 0 Å². The average Bonchev–Trinajstić information content (AvgIpc) is 2.88. The van der Waals surface area contributed by atoms with Crippen molar-refractivity contribution in [2.24, 2.45) is 0 Å². The van der Waals surface area contributed by atoms with Gasteiger partial charge in [0.05, 0.1) is 12.7 Å². The summed E-state index contributed by atoms with van der Waals surface area (Å²) in [7, 11) is 0. The highest BCUT2D eigenvalue weighted by Crippen LogP contribution is 2.13. The molecule has 1 unspecified atom stereocenters. The van der Waals surface area contributed by atoms with Crippen molar-refractivity contribution in [2.45, 2.75) is 188 Å². The second-order valence-electron chi connectivity index (χ2n) is 10.9. The standard InChI is InChI=1S/C28H58O.C3H8O2.C2H4O2/c1-3-5-7-9-11-13-15-17-19-21-23-25-27-29-28-26-24-22-20-18-16-14-12-10-8-6-4-2;1-3(5)2-4;1-2(3)4/h3-28H2,1-2H3;3-5H,2H2,1H3;1H3,(H,3,4)/p-1. The van der Waals surface area contributed by atoms with Gasteiger partial charge in [0, 0.05) is 19.2 Å². The molecule has 0 saturated heterocycles. The third-order valence-corrected chi connectivity index (χ3v) is 6.55. The van der Waals surface area contributed by atoms with Gasteiger partial charge in [-0.1, -0.05) is 155 Å². The number of aliphatic hydroxyl groups excluding tert-OH is 2. The number of rotatable bonds is 27. The van der Waals surface area contributed by atoms with Crippen LogP contribution in [0, 0.1) is 0 Å². The van der Waals surface area contributed by atoms with Crippen molar-refractivity contribution in [3.8, 4) is 0 Å². The fourth-order valence-electron chi connectivity index (χ4n) is 4.19. The first-order valence-electron chi connectivity index (χ1n) is 16.5. The lowest BCUT2D eigenvalue weighted by molar-refractivity contribution is -0.302. The van der Waals surface area contributed by atoms with Crippen LogP contribution >= 0.6 is 0 Å². The Morgan fingerprint density at radius 2 is 0.763 bits per heavy atom. The van der Waals surface area contributed by atoms with E-state index in [2.05, 4.69) is 13.8 Å². The fraction of sp³-hybridized carbons (Fsp3) is 0.970. The summed E-state index contributed by atoms with van der Waals surface area (Å²) in [6.07, 6.45) is 33.5. The smallest absolute Gasteiger partial charge is 0.0742 e. The van der Waals surface area contributed by atoms with Crippen molar-refractivity contribution < 1.29 is 24.9 Å². The van der Waals surface area contributed by atoms with E-state index in [0.29, 0.717) is 0 Å². The quantitative estimate of drug-likeness (QED) is 0.101. The summed E-state index contributed by atoms with van der Waals surface area (Å²) in [5, 5.41) is 24.9. The second kappa shape index (κ2) is 40.8. The monoisotopic (exact) mass is 546 g/mol. The molecule has 232 valence electrons. The number of carboxylic acid groups (broad SMARTS) is 1. The minimum absolute atomic E-state index is 0.139. The third-order valence-electron chi connectivity index (χ3n) is 6.55. The van der Waals surface area contributed by atoms with Crippen LogP contribution in [0.25, 0.3) is 0 Å². The maximum Gasteiger partial charge on any atom is 0.0742 e.